The van der Waals surface area contributed by atoms with Gasteiger partial charge in [0.15, 0.2) is 5.65 Å². The number of anilines is 1. The fraction of sp³-hybridized carbons (Fsp3) is 0.273. The maximum atomic E-state index is 13.0. The molecule has 1 fully saturated rings. The van der Waals surface area contributed by atoms with Crippen LogP contribution in [0.15, 0.2) is 53.9 Å². The van der Waals surface area contributed by atoms with Gasteiger partial charge in [0, 0.05) is 28.1 Å². The predicted molar refractivity (Wildman–Crippen MR) is 122 cm³/mol. The number of hydrogen-bond acceptors (Lipinski definition) is 6. The maximum Gasteiger partial charge on any atom is 0.387 e. The van der Waals surface area contributed by atoms with E-state index in [4.69, 9.17) is 4.74 Å². The van der Waals surface area contributed by atoms with Crippen molar-refractivity contribution in [3.8, 4) is 17.0 Å². The van der Waals surface area contributed by atoms with Crippen LogP contribution in [0, 0.1) is 0 Å². The smallest absolute Gasteiger partial charge is 0.387 e. The van der Waals surface area contributed by atoms with Gasteiger partial charge in [0.2, 0.25) is 0 Å². The molecule has 0 atom stereocenters. The molecule has 3 aromatic heterocycles. The summed E-state index contributed by atoms with van der Waals surface area (Å²) in [6.07, 6.45) is 8.34. The zero-order valence-electron chi connectivity index (χ0n) is 18.0. The van der Waals surface area contributed by atoms with Crippen LogP contribution in [0.1, 0.15) is 37.0 Å². The molecule has 1 amide bonds. The lowest BCUT2D eigenvalue weighted by atomic mass is 10.1. The van der Waals surface area contributed by atoms with Crippen LogP contribution < -0.4 is 10.1 Å². The molecule has 3 heterocycles. The molecule has 0 aliphatic heterocycles. The number of rotatable bonds is 7. The van der Waals surface area contributed by atoms with Gasteiger partial charge in [-0.2, -0.15) is 19.0 Å². The molecular formula is C22H22F2N6O2S. The van der Waals surface area contributed by atoms with E-state index >= 15 is 0 Å². The Balaban J connectivity index is 0.00000126. The van der Waals surface area contributed by atoms with Crippen LogP contribution in [-0.4, -0.2) is 42.6 Å². The van der Waals surface area contributed by atoms with Crippen molar-refractivity contribution in [1.29, 1.82) is 0 Å². The number of fused-ring (bicyclic) bond motifs is 1. The Morgan fingerprint density at radius 3 is 2.88 bits per heavy atom. The quantitative estimate of drug-likeness (QED) is 0.381. The summed E-state index contributed by atoms with van der Waals surface area (Å²) in [5, 5.41) is 14.2. The minimum atomic E-state index is -2.98. The van der Waals surface area contributed by atoms with Crippen LogP contribution in [0.2, 0.25) is 0 Å². The molecule has 172 valence electrons. The lowest BCUT2D eigenvalue weighted by molar-refractivity contribution is -0.0494. The summed E-state index contributed by atoms with van der Waals surface area (Å²) in [7, 11) is 0. The van der Waals surface area contributed by atoms with E-state index in [1.54, 1.807) is 42.4 Å². The molecule has 0 saturated heterocycles. The topological polar surface area (TPSA) is 97.2 Å². The predicted octanol–water partition coefficient (Wildman–Crippen LogP) is 5.25. The molecule has 8 nitrogen and oxygen atoms in total. The number of benzene rings is 1. The van der Waals surface area contributed by atoms with Crippen LogP contribution in [-0.2, 0) is 0 Å². The molecule has 1 aliphatic carbocycles. The highest BCUT2D eigenvalue weighted by Gasteiger charge is 2.24. The summed E-state index contributed by atoms with van der Waals surface area (Å²) in [4.78, 5) is 18.0. The average molecular weight is 473 g/mol. The van der Waals surface area contributed by atoms with Crippen molar-refractivity contribution < 1.29 is 18.3 Å². The van der Waals surface area contributed by atoms with Gasteiger partial charge in [-0.3, -0.25) is 9.89 Å². The number of amides is 1. The van der Waals surface area contributed by atoms with Crippen molar-refractivity contribution in [3.63, 3.8) is 0 Å². The van der Waals surface area contributed by atoms with Crippen molar-refractivity contribution in [3.05, 3.63) is 54.6 Å². The van der Waals surface area contributed by atoms with Gasteiger partial charge in [0.05, 0.1) is 23.8 Å². The summed E-state index contributed by atoms with van der Waals surface area (Å²) < 4.78 is 32.1. The Labute approximate surface area is 192 Å². The highest BCUT2D eigenvalue weighted by Crippen LogP contribution is 2.43. The van der Waals surface area contributed by atoms with Gasteiger partial charge in [-0.25, -0.2) is 9.50 Å². The Morgan fingerprint density at radius 1 is 1.30 bits per heavy atom. The van der Waals surface area contributed by atoms with E-state index in [0.717, 1.165) is 17.7 Å². The van der Waals surface area contributed by atoms with Crippen molar-refractivity contribution in [2.45, 2.75) is 43.4 Å². The first kappa shape index (κ1) is 22.7. The normalized spacial score (nSPS) is 13.0. The molecule has 1 aromatic carbocycles. The summed E-state index contributed by atoms with van der Waals surface area (Å²) in [6.45, 7) is 1.02. The molecule has 2 N–H and O–H groups in total. The summed E-state index contributed by atoms with van der Waals surface area (Å²) in [6, 6.07) is 6.73. The minimum absolute atomic E-state index is 0.00690. The highest BCUT2D eigenvalue weighted by molar-refractivity contribution is 8.00. The molecule has 0 spiro atoms. The van der Waals surface area contributed by atoms with Gasteiger partial charge in [-0.1, -0.05) is 13.8 Å². The van der Waals surface area contributed by atoms with Crippen molar-refractivity contribution in [1.82, 2.24) is 24.8 Å². The molecule has 33 heavy (non-hydrogen) atoms. The third kappa shape index (κ3) is 5.14. The summed E-state index contributed by atoms with van der Waals surface area (Å²) in [5.74, 6) is -0.455. The van der Waals surface area contributed by atoms with Crippen molar-refractivity contribution >= 4 is 29.0 Å². The molecule has 1 saturated carbocycles. The van der Waals surface area contributed by atoms with Crippen LogP contribution in [0.4, 0.5) is 14.5 Å². The summed E-state index contributed by atoms with van der Waals surface area (Å²) >= 11 is 1.68. The fourth-order valence-electron chi connectivity index (χ4n) is 3.12. The molecule has 11 heteroatoms. The zero-order chi connectivity index (χ0) is 23.4. The average Bonchev–Trinajstić information content (AvgIpc) is 3.33. The number of thioether (sulfide) groups is 1. The van der Waals surface area contributed by atoms with Crippen LogP contribution in [0.3, 0.4) is 0 Å². The standard InChI is InChI=1S/C20H16F2N6O2S.C2H6/c21-20(22)30-16-5-4-12(31-11-2-3-11)8-13(16)17-15(10-24-27-17)26-19(29)14-9-25-28-7-1-6-23-18(14)28;1-2/h1,4-11,20H,2-3H2,(H,24,27)(H,26,29);1-2H3. The van der Waals surface area contributed by atoms with Crippen LogP contribution in [0.25, 0.3) is 16.9 Å². The SMILES string of the molecule is CC.O=C(Nc1cn[nH]c1-c1cc(SC2CC2)ccc1OC(F)F)c1cnn2cccnc12. The van der Waals surface area contributed by atoms with E-state index < -0.39 is 12.5 Å². The van der Waals surface area contributed by atoms with Gasteiger partial charge in [0.25, 0.3) is 5.91 Å². The Bertz CT molecular complexity index is 1250. The second kappa shape index (κ2) is 9.99. The first-order valence-corrected chi connectivity index (χ1v) is 11.4. The first-order valence-electron chi connectivity index (χ1n) is 10.5. The lowest BCUT2D eigenvalue weighted by Crippen LogP contribution is -2.12. The number of ether oxygens (including phenoxy) is 1. The molecule has 0 unspecified atom stereocenters. The number of aromatic amines is 1. The van der Waals surface area contributed by atoms with E-state index in [-0.39, 0.29) is 11.3 Å². The number of nitrogens with one attached hydrogen (secondary N) is 2. The van der Waals surface area contributed by atoms with Gasteiger partial charge in [-0.05, 0) is 37.1 Å². The molecular weight excluding hydrogens is 450 g/mol. The molecule has 5 rings (SSSR count). The third-order valence-electron chi connectivity index (χ3n) is 4.68. The number of aromatic nitrogens is 5. The van der Waals surface area contributed by atoms with E-state index in [0.29, 0.717) is 27.8 Å². The van der Waals surface area contributed by atoms with Crippen molar-refractivity contribution in [2.75, 3.05) is 5.32 Å². The number of hydrogen-bond donors (Lipinski definition) is 2. The van der Waals surface area contributed by atoms with Gasteiger partial charge in [0.1, 0.15) is 11.3 Å². The number of alkyl halides is 2. The van der Waals surface area contributed by atoms with Crippen LogP contribution >= 0.6 is 11.8 Å². The van der Waals surface area contributed by atoms with Gasteiger partial charge >= 0.3 is 6.61 Å². The monoisotopic (exact) mass is 472 g/mol. The van der Waals surface area contributed by atoms with E-state index in [1.165, 1.54) is 23.0 Å². The Kier molecular flexibility index (Phi) is 6.87. The largest absolute Gasteiger partial charge is 0.434 e. The molecule has 0 radical (unpaired) electrons. The number of halogens is 2. The minimum Gasteiger partial charge on any atom is -0.434 e. The molecule has 1 aliphatic rings. The number of H-pyrrole nitrogens is 1. The van der Waals surface area contributed by atoms with Crippen molar-refractivity contribution in [2.24, 2.45) is 0 Å². The van der Waals surface area contributed by atoms with E-state index in [2.05, 4.69) is 25.6 Å². The Morgan fingerprint density at radius 2 is 2.12 bits per heavy atom. The highest BCUT2D eigenvalue weighted by atomic mass is 32.2. The van der Waals surface area contributed by atoms with E-state index in [1.807, 2.05) is 13.8 Å². The molecule has 0 bridgehead atoms. The second-order valence-electron chi connectivity index (χ2n) is 6.91. The Hall–Kier alpha value is -3.47. The molecule has 4 aromatic rings. The fourth-order valence-corrected chi connectivity index (χ4v) is 4.21. The van der Waals surface area contributed by atoms with Gasteiger partial charge < -0.3 is 10.1 Å². The maximum absolute atomic E-state index is 13.0. The van der Waals surface area contributed by atoms with E-state index in [9.17, 15) is 13.6 Å². The second-order valence-corrected chi connectivity index (χ2v) is 8.29. The third-order valence-corrected chi connectivity index (χ3v) is 6.01. The number of carbonyl (C=O) groups is 1. The first-order chi connectivity index (χ1) is 16.1. The van der Waals surface area contributed by atoms with Crippen LogP contribution in [0.5, 0.6) is 5.75 Å². The van der Waals surface area contributed by atoms with Gasteiger partial charge in [-0.15, -0.1) is 11.8 Å². The zero-order valence-corrected chi connectivity index (χ0v) is 18.8. The lowest BCUT2D eigenvalue weighted by Gasteiger charge is -2.13. The number of carbonyl (C=O) groups excluding carboxylic acids is 1. The summed E-state index contributed by atoms with van der Waals surface area (Å²) in [5.41, 5.74) is 1.75. The number of nitrogens with zero attached hydrogens (tertiary/aromatic N) is 4.